The lowest BCUT2D eigenvalue weighted by atomic mass is 9.65. The number of carbonyl (C=O) groups is 1. The molecule has 3 aromatic rings. The molecular weight excluding hydrogens is 726 g/mol. The van der Waals surface area contributed by atoms with E-state index in [-0.39, 0.29) is 45.0 Å². The summed E-state index contributed by atoms with van der Waals surface area (Å²) in [5, 5.41) is 10.1. The summed E-state index contributed by atoms with van der Waals surface area (Å²) in [4.78, 5) is 22.9. The van der Waals surface area contributed by atoms with E-state index in [0.717, 1.165) is 62.2 Å². The average Bonchev–Trinajstić information content (AvgIpc) is 3.26. The molecule has 0 amide bonds. The molecule has 0 radical (unpaired) electrons. The maximum Gasteiger partial charge on any atom is 0.335 e. The zero-order valence-electron chi connectivity index (χ0n) is 31.7. The predicted octanol–water partition coefficient (Wildman–Crippen LogP) is 8.75. The van der Waals surface area contributed by atoms with Gasteiger partial charge < -0.3 is 19.2 Å². The first-order chi connectivity index (χ1) is 25.1. The van der Waals surface area contributed by atoms with Gasteiger partial charge in [0.1, 0.15) is 5.75 Å². The van der Waals surface area contributed by atoms with Gasteiger partial charge in [-0.15, -0.1) is 0 Å². The molecule has 2 fully saturated rings. The van der Waals surface area contributed by atoms with Crippen LogP contribution in [0.15, 0.2) is 60.0 Å². The molecule has 6 atom stereocenters. The smallest absolute Gasteiger partial charge is 0.335 e. The molecule has 53 heavy (non-hydrogen) atoms. The van der Waals surface area contributed by atoms with Crippen LogP contribution in [0.25, 0.3) is 0 Å². The molecule has 0 bridgehead atoms. The lowest BCUT2D eigenvalue weighted by Gasteiger charge is -2.52. The first-order valence-electron chi connectivity index (χ1n) is 19.3. The van der Waals surface area contributed by atoms with Crippen molar-refractivity contribution in [1.82, 2.24) is 9.97 Å². The number of hydrogen-bond acceptors (Lipinski definition) is 8. The van der Waals surface area contributed by atoms with Crippen molar-refractivity contribution in [3.63, 3.8) is 0 Å². The number of fused-ring (bicyclic) bond motifs is 3. The highest BCUT2D eigenvalue weighted by Gasteiger charge is 2.50. The summed E-state index contributed by atoms with van der Waals surface area (Å²) in [6.45, 7) is 13.3. The fraction of sp³-hybridized carbons (Fsp3) is 0.585. The van der Waals surface area contributed by atoms with Crippen LogP contribution >= 0.6 is 11.6 Å². The van der Waals surface area contributed by atoms with E-state index in [1.807, 2.05) is 12.1 Å². The van der Waals surface area contributed by atoms with Crippen molar-refractivity contribution in [3.8, 4) is 5.75 Å². The number of carboxylic acid groups (broad SMARTS) is 1. The van der Waals surface area contributed by atoms with E-state index in [1.165, 1.54) is 23.5 Å². The highest BCUT2D eigenvalue weighted by molar-refractivity contribution is 7.91. The molecule has 4 aliphatic rings. The summed E-state index contributed by atoms with van der Waals surface area (Å²) in [6.07, 6.45) is 10.8. The molecular formula is C41H54ClN3O6SSi. The number of ether oxygens (including phenoxy) is 1. The van der Waals surface area contributed by atoms with E-state index in [2.05, 4.69) is 60.9 Å². The molecule has 0 saturated heterocycles. The molecule has 1 aromatic heterocycles. The lowest BCUT2D eigenvalue weighted by Crippen LogP contribution is -2.54. The molecule has 2 aromatic carbocycles. The average molecular weight is 781 g/mol. The van der Waals surface area contributed by atoms with Crippen LogP contribution in [-0.4, -0.2) is 68.8 Å². The number of nitrogens with zero attached hydrogens (tertiary/aromatic N) is 3. The van der Waals surface area contributed by atoms with Gasteiger partial charge in [-0.1, -0.05) is 44.9 Å². The molecule has 2 unspecified atom stereocenters. The fourth-order valence-corrected chi connectivity index (χ4v) is 12.5. The van der Waals surface area contributed by atoms with Gasteiger partial charge in [-0.2, -0.15) is 0 Å². The quantitative estimate of drug-likeness (QED) is 0.168. The van der Waals surface area contributed by atoms with Gasteiger partial charge in [0.25, 0.3) is 0 Å². The topological polar surface area (TPSA) is 119 Å². The zero-order valence-corrected chi connectivity index (χ0v) is 34.3. The number of anilines is 1. The second kappa shape index (κ2) is 14.6. The molecule has 1 spiro atoms. The Labute approximate surface area is 320 Å². The van der Waals surface area contributed by atoms with Gasteiger partial charge in [-0.05, 0) is 135 Å². The number of benzene rings is 2. The Hall–Kier alpha value is -2.99. The van der Waals surface area contributed by atoms with Gasteiger partial charge in [0.15, 0.2) is 8.32 Å². The summed E-state index contributed by atoms with van der Waals surface area (Å²) in [5.41, 5.74) is 3.32. The highest BCUT2D eigenvalue weighted by atomic mass is 35.5. The summed E-state index contributed by atoms with van der Waals surface area (Å²) < 4.78 is 41.7. The van der Waals surface area contributed by atoms with Crippen molar-refractivity contribution in [2.24, 2.45) is 17.8 Å². The van der Waals surface area contributed by atoms with Crippen molar-refractivity contribution >= 4 is 41.4 Å². The third kappa shape index (κ3) is 7.52. The van der Waals surface area contributed by atoms with E-state index in [9.17, 15) is 18.3 Å². The second-order valence-electron chi connectivity index (χ2n) is 17.6. The summed E-state index contributed by atoms with van der Waals surface area (Å²) >= 11 is 6.48. The second-order valence-corrected chi connectivity index (χ2v) is 24.9. The molecule has 9 nitrogen and oxygen atoms in total. The number of aryl methyl sites for hydroxylation is 1. The summed E-state index contributed by atoms with van der Waals surface area (Å²) in [5.74, 6) is 0.364. The minimum Gasteiger partial charge on any atom is -0.490 e. The number of halogens is 1. The van der Waals surface area contributed by atoms with Crippen molar-refractivity contribution in [3.05, 3.63) is 76.6 Å². The van der Waals surface area contributed by atoms with Gasteiger partial charge in [-0.25, -0.2) is 23.2 Å². The maximum atomic E-state index is 13.8. The Morgan fingerprint density at radius 1 is 1.09 bits per heavy atom. The van der Waals surface area contributed by atoms with E-state index >= 15 is 0 Å². The Bertz CT molecular complexity index is 1940. The van der Waals surface area contributed by atoms with Gasteiger partial charge in [0, 0.05) is 35.9 Å². The molecule has 2 saturated carbocycles. The number of sulfone groups is 1. The monoisotopic (exact) mass is 779 g/mol. The van der Waals surface area contributed by atoms with E-state index in [0.29, 0.717) is 31.7 Å². The fourth-order valence-electron chi connectivity index (χ4n) is 9.18. The Balaban J connectivity index is 1.22. The SMILES string of the molecule is CC(C)(C)[Si](C)(C)OC([C@@H]1CCC[C@@H](S(=O)(=O)c2ncccn2)C1)[C@@H]1CC[C@H]1CN1CC2(CCCc3cc(Cl)ccc32)COc2ccc(C(=O)O)cc21. The van der Waals surface area contributed by atoms with Crippen LogP contribution in [0.1, 0.15) is 93.6 Å². The van der Waals surface area contributed by atoms with E-state index in [4.69, 9.17) is 20.8 Å². The first kappa shape index (κ1) is 38.3. The molecule has 2 heterocycles. The molecule has 3 aliphatic carbocycles. The third-order valence-corrected chi connectivity index (χ3v) is 20.0. The third-order valence-electron chi connectivity index (χ3n) is 13.2. The maximum absolute atomic E-state index is 13.8. The number of aromatic carboxylic acids is 1. The van der Waals surface area contributed by atoms with Gasteiger partial charge in [0.05, 0.1) is 29.2 Å². The Kier molecular flexibility index (Phi) is 10.5. The zero-order chi connectivity index (χ0) is 37.8. The van der Waals surface area contributed by atoms with E-state index in [1.54, 1.807) is 18.2 Å². The van der Waals surface area contributed by atoms with Crippen LogP contribution in [0, 0.1) is 17.8 Å². The van der Waals surface area contributed by atoms with Gasteiger partial charge >= 0.3 is 5.97 Å². The van der Waals surface area contributed by atoms with Crippen molar-refractivity contribution in [2.45, 2.75) is 119 Å². The molecule has 1 N–H and O–H groups in total. The number of rotatable bonds is 9. The molecule has 7 rings (SSSR count). The number of carboxylic acids is 1. The largest absolute Gasteiger partial charge is 0.490 e. The normalized spacial score (nSPS) is 26.8. The Morgan fingerprint density at radius 3 is 2.57 bits per heavy atom. The summed E-state index contributed by atoms with van der Waals surface area (Å²) in [6, 6.07) is 13.1. The van der Waals surface area contributed by atoms with E-state index < -0.39 is 29.4 Å². The van der Waals surface area contributed by atoms with Crippen molar-refractivity contribution in [1.29, 1.82) is 0 Å². The first-order valence-corrected chi connectivity index (χ1v) is 24.1. The summed E-state index contributed by atoms with van der Waals surface area (Å²) in [7, 11) is -5.94. The molecule has 1 aliphatic heterocycles. The molecule has 286 valence electrons. The number of aromatic nitrogens is 2. The Morgan fingerprint density at radius 2 is 1.87 bits per heavy atom. The van der Waals surface area contributed by atoms with Crippen LogP contribution in [0.3, 0.4) is 0 Å². The van der Waals surface area contributed by atoms with Gasteiger partial charge in [0.2, 0.25) is 15.0 Å². The van der Waals surface area contributed by atoms with Crippen LogP contribution in [0.5, 0.6) is 5.75 Å². The predicted molar refractivity (Wildman–Crippen MR) is 210 cm³/mol. The standard InChI is InChI=1S/C41H54ClN3O6SSi/c1-40(2,3)53(4,5)51-37(28-9-6-11-32(22-28)52(48,49)39-43-19-8-20-44-39)33-15-12-30(33)24-45-25-41(18-7-10-27-21-31(42)14-16-34(27)41)26-50-36-17-13-29(38(46)47)23-35(36)45/h8,13-14,16-17,19-21,23,28,30,32-33,37H,6-7,9-12,15,18,22,24-26H2,1-5H3,(H,46,47)/t28-,30+,32-,33-,37?,41?/m1/s1. The number of hydrogen-bond donors (Lipinski definition) is 1. The van der Waals surface area contributed by atoms with Crippen LogP contribution in [0.4, 0.5) is 5.69 Å². The molecule has 12 heteroatoms. The van der Waals surface area contributed by atoms with Gasteiger partial charge in [-0.3, -0.25) is 0 Å². The van der Waals surface area contributed by atoms with Crippen LogP contribution < -0.4 is 9.64 Å². The minimum atomic E-state index is -3.69. The van der Waals surface area contributed by atoms with Crippen molar-refractivity contribution < 1.29 is 27.5 Å². The lowest BCUT2D eigenvalue weighted by molar-refractivity contribution is -0.0227. The highest BCUT2D eigenvalue weighted by Crippen LogP contribution is 2.51. The van der Waals surface area contributed by atoms with Crippen LogP contribution in [0.2, 0.25) is 23.2 Å². The van der Waals surface area contributed by atoms with Crippen molar-refractivity contribution in [2.75, 3.05) is 24.6 Å². The van der Waals surface area contributed by atoms with Crippen LogP contribution in [-0.2, 0) is 26.1 Å². The minimum absolute atomic E-state index is 0.0134.